The molecule has 10 heteroatoms. The number of aryl methyl sites for hydroxylation is 1. The lowest BCUT2D eigenvalue weighted by Crippen LogP contribution is -2.25. The van der Waals surface area contributed by atoms with Gasteiger partial charge in [-0.15, -0.1) is 0 Å². The van der Waals surface area contributed by atoms with Gasteiger partial charge in [-0.05, 0) is 55.3 Å². The number of amides is 1. The zero-order chi connectivity index (χ0) is 24.9. The summed E-state index contributed by atoms with van der Waals surface area (Å²) in [6.45, 7) is 3.60. The Labute approximate surface area is 204 Å². The molecular formula is C25H21N5O4S. The third kappa shape index (κ3) is 5.28. The number of nitro groups is 1. The number of aromatic nitrogens is 2. The number of nitro benzene ring substituents is 1. The minimum atomic E-state index is -0.480. The smallest absolute Gasteiger partial charge is 0.269 e. The van der Waals surface area contributed by atoms with Crippen molar-refractivity contribution < 1.29 is 9.72 Å². The van der Waals surface area contributed by atoms with Crippen LogP contribution in [0.3, 0.4) is 0 Å². The molecule has 0 spiro atoms. The molecule has 35 heavy (non-hydrogen) atoms. The molecule has 4 rings (SSSR count). The summed E-state index contributed by atoms with van der Waals surface area (Å²) < 4.78 is 1.53. The number of hydrogen-bond donors (Lipinski definition) is 1. The number of rotatable bonds is 7. The SMILES string of the molecule is CC(=NNC(=O)CSc1nc2ccccc2c(=O)n1-c1ccccc1C)c1ccc([N+](=O)[O-])cc1. The van der Waals surface area contributed by atoms with Crippen molar-refractivity contribution in [2.75, 3.05) is 5.75 Å². The van der Waals surface area contributed by atoms with Crippen molar-refractivity contribution in [1.29, 1.82) is 0 Å². The molecular weight excluding hydrogens is 466 g/mol. The minimum Gasteiger partial charge on any atom is -0.272 e. The van der Waals surface area contributed by atoms with E-state index in [1.54, 1.807) is 37.3 Å². The van der Waals surface area contributed by atoms with Gasteiger partial charge in [-0.2, -0.15) is 5.10 Å². The fraction of sp³-hybridized carbons (Fsp3) is 0.120. The van der Waals surface area contributed by atoms with Gasteiger partial charge in [0, 0.05) is 12.1 Å². The molecule has 0 saturated carbocycles. The van der Waals surface area contributed by atoms with E-state index < -0.39 is 4.92 Å². The molecule has 0 aliphatic heterocycles. The minimum absolute atomic E-state index is 0.0201. The maximum atomic E-state index is 13.3. The van der Waals surface area contributed by atoms with Crippen LogP contribution in [0.5, 0.6) is 0 Å². The molecule has 0 aliphatic rings. The molecule has 1 N–H and O–H groups in total. The van der Waals surface area contributed by atoms with E-state index in [4.69, 9.17) is 0 Å². The van der Waals surface area contributed by atoms with Gasteiger partial charge in [0.25, 0.3) is 17.2 Å². The van der Waals surface area contributed by atoms with Crippen LogP contribution in [-0.4, -0.2) is 31.8 Å². The van der Waals surface area contributed by atoms with Crippen LogP contribution in [-0.2, 0) is 4.79 Å². The van der Waals surface area contributed by atoms with E-state index >= 15 is 0 Å². The Balaban J connectivity index is 1.55. The van der Waals surface area contributed by atoms with Gasteiger partial charge in [0.1, 0.15) is 0 Å². The lowest BCUT2D eigenvalue weighted by molar-refractivity contribution is -0.384. The number of thioether (sulfide) groups is 1. The van der Waals surface area contributed by atoms with Crippen LogP contribution < -0.4 is 11.0 Å². The second kappa shape index (κ2) is 10.3. The highest BCUT2D eigenvalue weighted by molar-refractivity contribution is 7.99. The summed E-state index contributed by atoms with van der Waals surface area (Å²) in [5.41, 5.74) is 5.56. The Morgan fingerprint density at radius 3 is 2.49 bits per heavy atom. The van der Waals surface area contributed by atoms with E-state index in [0.717, 1.165) is 17.3 Å². The second-order valence-corrected chi connectivity index (χ2v) is 8.61. The molecule has 0 unspecified atom stereocenters. The van der Waals surface area contributed by atoms with Crippen LogP contribution in [0.1, 0.15) is 18.1 Å². The summed E-state index contributed by atoms with van der Waals surface area (Å²) in [6, 6.07) is 20.5. The third-order valence-electron chi connectivity index (χ3n) is 5.28. The van der Waals surface area contributed by atoms with Crippen molar-refractivity contribution in [2.24, 2.45) is 5.10 Å². The highest BCUT2D eigenvalue weighted by Gasteiger charge is 2.16. The lowest BCUT2D eigenvalue weighted by Gasteiger charge is -2.14. The van der Waals surface area contributed by atoms with Gasteiger partial charge in [0.05, 0.1) is 33.0 Å². The van der Waals surface area contributed by atoms with Crippen LogP contribution >= 0.6 is 11.8 Å². The van der Waals surface area contributed by atoms with Gasteiger partial charge in [-0.1, -0.05) is 42.1 Å². The zero-order valence-corrected chi connectivity index (χ0v) is 19.8. The molecule has 3 aromatic carbocycles. The summed E-state index contributed by atoms with van der Waals surface area (Å²) in [5.74, 6) is -0.400. The normalized spacial score (nSPS) is 11.4. The Hall–Kier alpha value is -4.31. The van der Waals surface area contributed by atoms with Crippen LogP contribution in [0.2, 0.25) is 0 Å². The number of hydrazone groups is 1. The molecule has 9 nitrogen and oxygen atoms in total. The average molecular weight is 488 g/mol. The number of para-hydroxylation sites is 2. The van der Waals surface area contributed by atoms with E-state index in [-0.39, 0.29) is 22.9 Å². The highest BCUT2D eigenvalue weighted by atomic mass is 32.2. The third-order valence-corrected chi connectivity index (χ3v) is 6.22. The Morgan fingerprint density at radius 2 is 1.77 bits per heavy atom. The number of hydrogen-bond acceptors (Lipinski definition) is 7. The maximum absolute atomic E-state index is 13.3. The molecule has 0 bridgehead atoms. The number of nitrogens with zero attached hydrogens (tertiary/aromatic N) is 4. The molecule has 4 aromatic rings. The largest absolute Gasteiger partial charge is 0.272 e. The molecule has 0 radical (unpaired) electrons. The summed E-state index contributed by atoms with van der Waals surface area (Å²) >= 11 is 1.14. The first kappa shape index (κ1) is 23.8. The number of carbonyl (C=O) groups is 1. The molecule has 0 aliphatic carbocycles. The van der Waals surface area contributed by atoms with Gasteiger partial charge < -0.3 is 0 Å². The van der Waals surface area contributed by atoms with Gasteiger partial charge in [0.2, 0.25) is 0 Å². The van der Waals surface area contributed by atoms with Gasteiger partial charge >= 0.3 is 0 Å². The molecule has 1 heterocycles. The average Bonchev–Trinajstić information content (AvgIpc) is 2.87. The standard InChI is InChI=1S/C25H21N5O4S/c1-16-7-3-6-10-22(16)29-24(32)20-8-4-5-9-21(20)26-25(29)35-15-23(31)28-27-17(2)18-11-13-19(14-12-18)30(33)34/h3-14H,15H2,1-2H3,(H,28,31). The maximum Gasteiger partial charge on any atom is 0.269 e. The van der Waals surface area contributed by atoms with Crippen molar-refractivity contribution in [3.63, 3.8) is 0 Å². The zero-order valence-electron chi connectivity index (χ0n) is 19.0. The van der Waals surface area contributed by atoms with Crippen LogP contribution in [0, 0.1) is 17.0 Å². The fourth-order valence-electron chi connectivity index (χ4n) is 3.43. The molecule has 176 valence electrons. The quantitative estimate of drug-likeness (QED) is 0.137. The molecule has 0 atom stereocenters. The number of benzene rings is 3. The molecule has 1 aromatic heterocycles. The second-order valence-electron chi connectivity index (χ2n) is 7.66. The van der Waals surface area contributed by atoms with Crippen LogP contribution in [0.25, 0.3) is 16.6 Å². The van der Waals surface area contributed by atoms with Gasteiger partial charge in [-0.25, -0.2) is 10.4 Å². The van der Waals surface area contributed by atoms with Crippen molar-refractivity contribution >= 4 is 40.0 Å². The molecule has 0 saturated heterocycles. The van der Waals surface area contributed by atoms with Gasteiger partial charge in [-0.3, -0.25) is 24.3 Å². The van der Waals surface area contributed by atoms with Crippen molar-refractivity contribution in [3.8, 4) is 5.69 Å². The first-order valence-electron chi connectivity index (χ1n) is 10.6. The van der Waals surface area contributed by atoms with E-state index in [9.17, 15) is 19.7 Å². The first-order valence-corrected chi connectivity index (χ1v) is 11.6. The molecule has 0 fully saturated rings. The summed E-state index contributed by atoms with van der Waals surface area (Å²) in [5, 5.41) is 15.8. The number of non-ortho nitro benzene ring substituents is 1. The van der Waals surface area contributed by atoms with E-state index in [1.165, 1.54) is 16.7 Å². The Kier molecular flexibility index (Phi) is 7.02. The predicted octanol–water partition coefficient (Wildman–Crippen LogP) is 4.23. The summed E-state index contributed by atoms with van der Waals surface area (Å²) in [7, 11) is 0. The Bertz CT molecular complexity index is 1510. The van der Waals surface area contributed by atoms with E-state index in [2.05, 4.69) is 15.5 Å². The number of fused-ring (bicyclic) bond motifs is 1. The summed E-state index contributed by atoms with van der Waals surface area (Å²) in [6.07, 6.45) is 0. The van der Waals surface area contributed by atoms with Crippen molar-refractivity contribution in [1.82, 2.24) is 15.0 Å². The lowest BCUT2D eigenvalue weighted by atomic mass is 10.1. The van der Waals surface area contributed by atoms with E-state index in [0.29, 0.717) is 33.0 Å². The number of nitrogens with one attached hydrogen (secondary N) is 1. The van der Waals surface area contributed by atoms with Crippen molar-refractivity contribution in [3.05, 3.63) is 104 Å². The Morgan fingerprint density at radius 1 is 1.09 bits per heavy atom. The van der Waals surface area contributed by atoms with E-state index in [1.807, 2.05) is 37.3 Å². The first-order chi connectivity index (χ1) is 16.8. The predicted molar refractivity (Wildman–Crippen MR) is 136 cm³/mol. The van der Waals surface area contributed by atoms with Crippen LogP contribution in [0.4, 0.5) is 5.69 Å². The number of carbonyl (C=O) groups excluding carboxylic acids is 1. The topological polar surface area (TPSA) is 119 Å². The highest BCUT2D eigenvalue weighted by Crippen LogP contribution is 2.23. The van der Waals surface area contributed by atoms with Crippen LogP contribution in [0.15, 0.2) is 87.8 Å². The monoisotopic (exact) mass is 487 g/mol. The molecule has 1 amide bonds. The summed E-state index contributed by atoms with van der Waals surface area (Å²) in [4.78, 5) is 40.8. The van der Waals surface area contributed by atoms with Crippen molar-refractivity contribution in [2.45, 2.75) is 19.0 Å². The fourth-order valence-corrected chi connectivity index (χ4v) is 4.23. The van der Waals surface area contributed by atoms with Gasteiger partial charge in [0.15, 0.2) is 5.16 Å².